The van der Waals surface area contributed by atoms with Crippen molar-refractivity contribution in [1.82, 2.24) is 14.5 Å². The highest BCUT2D eigenvalue weighted by atomic mass is 35.5. The second-order valence-corrected chi connectivity index (χ2v) is 8.59. The fraction of sp³-hybridized carbons (Fsp3) is 0.0400. The van der Waals surface area contributed by atoms with Crippen molar-refractivity contribution < 1.29 is 4.79 Å². The molecule has 0 radical (unpaired) electrons. The van der Waals surface area contributed by atoms with Crippen molar-refractivity contribution >= 4 is 45.4 Å². The Balaban J connectivity index is 1.51. The van der Waals surface area contributed by atoms with Crippen LogP contribution in [0.25, 0.3) is 27.4 Å². The molecule has 8 heteroatoms. The molecule has 0 bridgehead atoms. The summed E-state index contributed by atoms with van der Waals surface area (Å²) in [4.78, 5) is 35.3. The van der Waals surface area contributed by atoms with Gasteiger partial charge in [-0.05, 0) is 36.4 Å². The molecule has 0 spiro atoms. The number of nitrogens with one attached hydrogen (secondary N) is 1. The second-order valence-electron chi connectivity index (χ2n) is 7.31. The van der Waals surface area contributed by atoms with Crippen molar-refractivity contribution in [2.24, 2.45) is 0 Å². The number of anilines is 1. The SMILES string of the molecule is O=C(Cc1csc(-n2c(-c3ccccc3)nc3ccccc3c2=O)n1)Nc1ccc(Cl)cc1. The van der Waals surface area contributed by atoms with Gasteiger partial charge in [-0.3, -0.25) is 9.59 Å². The Bertz CT molecular complexity index is 1510. The molecule has 6 nitrogen and oxygen atoms in total. The van der Waals surface area contributed by atoms with Gasteiger partial charge in [-0.15, -0.1) is 11.3 Å². The number of aromatic nitrogens is 3. The highest BCUT2D eigenvalue weighted by Crippen LogP contribution is 2.24. The summed E-state index contributed by atoms with van der Waals surface area (Å²) >= 11 is 7.19. The first-order valence-electron chi connectivity index (χ1n) is 10.2. The first-order chi connectivity index (χ1) is 16.1. The normalized spacial score (nSPS) is 10.9. The lowest BCUT2D eigenvalue weighted by Crippen LogP contribution is -2.22. The van der Waals surface area contributed by atoms with Crippen molar-refractivity contribution in [3.63, 3.8) is 0 Å². The van der Waals surface area contributed by atoms with Crippen LogP contribution < -0.4 is 10.9 Å². The van der Waals surface area contributed by atoms with E-state index in [0.717, 1.165) is 5.56 Å². The summed E-state index contributed by atoms with van der Waals surface area (Å²) in [7, 11) is 0. The van der Waals surface area contributed by atoms with Crippen LogP contribution in [0.15, 0.2) is 89.0 Å². The number of hydrogen-bond donors (Lipinski definition) is 1. The number of benzene rings is 3. The predicted octanol–water partition coefficient (Wildman–Crippen LogP) is 5.34. The molecule has 0 aliphatic rings. The Morgan fingerprint density at radius 1 is 0.939 bits per heavy atom. The maximum atomic E-state index is 13.4. The van der Waals surface area contributed by atoms with E-state index in [2.05, 4.69) is 10.3 Å². The number of rotatable bonds is 5. The van der Waals surface area contributed by atoms with Crippen molar-refractivity contribution in [3.05, 3.63) is 105 Å². The van der Waals surface area contributed by atoms with Gasteiger partial charge in [0.15, 0.2) is 5.13 Å². The molecule has 2 aromatic heterocycles. The van der Waals surface area contributed by atoms with Gasteiger partial charge in [0.25, 0.3) is 5.56 Å². The molecule has 0 fully saturated rings. The smallest absolute Gasteiger partial charge is 0.268 e. The molecule has 0 aliphatic heterocycles. The molecule has 33 heavy (non-hydrogen) atoms. The van der Waals surface area contributed by atoms with E-state index in [-0.39, 0.29) is 17.9 Å². The van der Waals surface area contributed by atoms with E-state index in [4.69, 9.17) is 16.6 Å². The Kier molecular flexibility index (Phi) is 5.73. The fourth-order valence-corrected chi connectivity index (χ4v) is 4.42. The van der Waals surface area contributed by atoms with Crippen LogP contribution in [-0.2, 0) is 11.2 Å². The molecule has 0 atom stereocenters. The maximum absolute atomic E-state index is 13.4. The van der Waals surface area contributed by atoms with E-state index < -0.39 is 0 Å². The molecule has 5 rings (SSSR count). The average Bonchev–Trinajstić information content (AvgIpc) is 3.28. The standard InChI is InChI=1S/C25H17ClN4O2S/c26-17-10-12-18(13-11-17)27-22(31)14-19-15-33-25(28-19)30-23(16-6-2-1-3-7-16)29-21-9-5-4-8-20(21)24(30)32/h1-13,15H,14H2,(H,27,31). The third kappa shape index (κ3) is 4.41. The van der Waals surface area contributed by atoms with Crippen LogP contribution in [0.2, 0.25) is 5.02 Å². The van der Waals surface area contributed by atoms with E-state index in [1.807, 2.05) is 48.5 Å². The van der Waals surface area contributed by atoms with E-state index in [1.165, 1.54) is 15.9 Å². The van der Waals surface area contributed by atoms with Gasteiger partial charge in [-0.2, -0.15) is 0 Å². The molecular formula is C25H17ClN4O2S. The van der Waals surface area contributed by atoms with E-state index >= 15 is 0 Å². The molecule has 2 heterocycles. The minimum absolute atomic E-state index is 0.0789. The van der Waals surface area contributed by atoms with Gasteiger partial charge >= 0.3 is 0 Å². The van der Waals surface area contributed by atoms with Crippen LogP contribution in [-0.4, -0.2) is 20.4 Å². The molecular weight excluding hydrogens is 456 g/mol. The summed E-state index contributed by atoms with van der Waals surface area (Å²) in [6.07, 6.45) is 0.0789. The fourth-order valence-electron chi connectivity index (χ4n) is 3.47. The summed E-state index contributed by atoms with van der Waals surface area (Å²) in [5.74, 6) is 0.298. The summed E-state index contributed by atoms with van der Waals surface area (Å²) in [5, 5.41) is 6.18. The molecule has 0 saturated heterocycles. The molecule has 0 aliphatic carbocycles. The maximum Gasteiger partial charge on any atom is 0.268 e. The third-order valence-corrected chi connectivity index (χ3v) is 6.13. The molecule has 1 N–H and O–H groups in total. The van der Waals surface area contributed by atoms with Crippen LogP contribution in [0.4, 0.5) is 5.69 Å². The zero-order valence-corrected chi connectivity index (χ0v) is 18.8. The summed E-state index contributed by atoms with van der Waals surface area (Å²) in [5.41, 5.74) is 2.45. The quantitative estimate of drug-likeness (QED) is 0.374. The zero-order chi connectivity index (χ0) is 22.8. The lowest BCUT2D eigenvalue weighted by Gasteiger charge is -2.11. The lowest BCUT2D eigenvalue weighted by atomic mass is 10.2. The molecule has 3 aromatic carbocycles. The number of carbonyl (C=O) groups is 1. The van der Waals surface area contributed by atoms with Crippen LogP contribution in [0.5, 0.6) is 0 Å². The summed E-state index contributed by atoms with van der Waals surface area (Å²) in [6, 6.07) is 23.6. The number of amides is 1. The topological polar surface area (TPSA) is 76.9 Å². The van der Waals surface area contributed by atoms with Gasteiger partial charge in [0.2, 0.25) is 5.91 Å². The number of fused-ring (bicyclic) bond motifs is 1. The highest BCUT2D eigenvalue weighted by molar-refractivity contribution is 7.12. The lowest BCUT2D eigenvalue weighted by molar-refractivity contribution is -0.115. The van der Waals surface area contributed by atoms with E-state index in [0.29, 0.717) is 38.3 Å². The molecule has 0 saturated carbocycles. The van der Waals surface area contributed by atoms with Crippen molar-refractivity contribution in [1.29, 1.82) is 0 Å². The highest BCUT2D eigenvalue weighted by Gasteiger charge is 2.17. The van der Waals surface area contributed by atoms with Gasteiger partial charge in [0, 0.05) is 21.7 Å². The van der Waals surface area contributed by atoms with Crippen LogP contribution in [0.3, 0.4) is 0 Å². The Morgan fingerprint density at radius 2 is 1.67 bits per heavy atom. The van der Waals surface area contributed by atoms with Gasteiger partial charge in [-0.25, -0.2) is 14.5 Å². The van der Waals surface area contributed by atoms with Gasteiger partial charge < -0.3 is 5.32 Å². The minimum atomic E-state index is -0.207. The first kappa shape index (κ1) is 21.1. The number of para-hydroxylation sites is 1. The third-order valence-electron chi connectivity index (χ3n) is 5.01. The Hall–Kier alpha value is -3.81. The summed E-state index contributed by atoms with van der Waals surface area (Å²) in [6.45, 7) is 0. The average molecular weight is 473 g/mol. The largest absolute Gasteiger partial charge is 0.326 e. The molecule has 162 valence electrons. The number of halogens is 1. The Labute approximate surface area is 198 Å². The monoisotopic (exact) mass is 472 g/mol. The van der Waals surface area contributed by atoms with Crippen LogP contribution in [0, 0.1) is 0 Å². The van der Waals surface area contributed by atoms with E-state index in [9.17, 15) is 9.59 Å². The Morgan fingerprint density at radius 3 is 2.45 bits per heavy atom. The number of thiazole rings is 1. The zero-order valence-electron chi connectivity index (χ0n) is 17.2. The number of nitrogens with zero attached hydrogens (tertiary/aromatic N) is 3. The van der Waals surface area contributed by atoms with Crippen molar-refractivity contribution in [2.45, 2.75) is 6.42 Å². The van der Waals surface area contributed by atoms with Gasteiger partial charge in [0.05, 0.1) is 23.0 Å². The van der Waals surface area contributed by atoms with Gasteiger partial charge in [0.1, 0.15) is 5.82 Å². The number of hydrogen-bond acceptors (Lipinski definition) is 5. The second kappa shape index (κ2) is 8.97. The molecule has 1 amide bonds. The predicted molar refractivity (Wildman–Crippen MR) is 132 cm³/mol. The van der Waals surface area contributed by atoms with Crippen LogP contribution >= 0.6 is 22.9 Å². The van der Waals surface area contributed by atoms with Crippen molar-refractivity contribution in [3.8, 4) is 16.5 Å². The van der Waals surface area contributed by atoms with Crippen molar-refractivity contribution in [2.75, 3.05) is 5.32 Å². The van der Waals surface area contributed by atoms with E-state index in [1.54, 1.807) is 35.7 Å². The molecule has 0 unspecified atom stereocenters. The minimum Gasteiger partial charge on any atom is -0.326 e. The van der Waals surface area contributed by atoms with Crippen LogP contribution in [0.1, 0.15) is 5.69 Å². The number of carbonyl (C=O) groups excluding carboxylic acids is 1. The summed E-state index contributed by atoms with van der Waals surface area (Å²) < 4.78 is 1.52. The first-order valence-corrected chi connectivity index (χ1v) is 11.4. The van der Waals surface area contributed by atoms with Gasteiger partial charge in [-0.1, -0.05) is 54.1 Å². The molecule has 5 aromatic rings.